The second-order valence-electron chi connectivity index (χ2n) is 8.26. The van der Waals surface area contributed by atoms with Crippen molar-refractivity contribution in [3.05, 3.63) is 29.8 Å². The molecule has 3 N–H and O–H groups in total. The highest BCUT2D eigenvalue weighted by Gasteiger charge is 2.46. The maximum Gasteiger partial charge on any atom is 0.247 e. The van der Waals surface area contributed by atoms with Crippen LogP contribution in [0, 0.1) is 0 Å². The number of nitrogens with one attached hydrogen (secondary N) is 3. The van der Waals surface area contributed by atoms with E-state index in [1.807, 2.05) is 24.3 Å². The van der Waals surface area contributed by atoms with Gasteiger partial charge in [-0.1, -0.05) is 18.2 Å². The van der Waals surface area contributed by atoms with Crippen LogP contribution in [0.3, 0.4) is 0 Å². The summed E-state index contributed by atoms with van der Waals surface area (Å²) >= 11 is 0. The molecule has 2 fully saturated rings. The second kappa shape index (κ2) is 9.23. The molecule has 1 unspecified atom stereocenters. The van der Waals surface area contributed by atoms with Gasteiger partial charge in [-0.05, 0) is 32.9 Å². The fraction of sp³-hybridized carbons (Fsp3) is 0.591. The molecule has 3 aliphatic heterocycles. The van der Waals surface area contributed by atoms with E-state index in [1.54, 1.807) is 14.0 Å². The largest absolute Gasteiger partial charge is 0.493 e. The molecule has 0 spiro atoms. The van der Waals surface area contributed by atoms with Gasteiger partial charge in [0.25, 0.3) is 0 Å². The summed E-state index contributed by atoms with van der Waals surface area (Å²) in [6, 6.07) is 5.77. The number of benzene rings is 1. The molecule has 0 saturated carbocycles. The normalized spacial score (nSPS) is 28.6. The van der Waals surface area contributed by atoms with E-state index in [4.69, 9.17) is 9.47 Å². The van der Waals surface area contributed by atoms with E-state index in [9.17, 15) is 14.4 Å². The third-order valence-electron chi connectivity index (χ3n) is 6.32. The lowest BCUT2D eigenvalue weighted by Crippen LogP contribution is -2.56. The van der Waals surface area contributed by atoms with Crippen LogP contribution >= 0.6 is 0 Å². The number of fused-ring (bicyclic) bond motifs is 2. The van der Waals surface area contributed by atoms with Crippen LogP contribution in [0.5, 0.6) is 5.75 Å². The first-order valence-electron chi connectivity index (χ1n) is 10.9. The smallest absolute Gasteiger partial charge is 0.247 e. The number of ether oxygens (including phenoxy) is 2. The lowest BCUT2D eigenvalue weighted by atomic mass is 10.00. The summed E-state index contributed by atoms with van der Waals surface area (Å²) in [5, 5.41) is 8.78. The number of carbonyl (C=O) groups is 3. The maximum absolute atomic E-state index is 13.3. The summed E-state index contributed by atoms with van der Waals surface area (Å²) in [7, 11) is 1.69. The number of hydrogen-bond acceptors (Lipinski definition) is 6. The van der Waals surface area contributed by atoms with Gasteiger partial charge in [-0.2, -0.15) is 0 Å². The SMILES string of the molecule is CN[C@@H](C)C(=O)N[C@H]1CCOC2CC[C@H](C(=O)N[C@@H]3CCOc4ccccc43)N2C1=O. The predicted molar refractivity (Wildman–Crippen MR) is 112 cm³/mol. The van der Waals surface area contributed by atoms with Gasteiger partial charge in [0.15, 0.2) is 0 Å². The molecule has 0 radical (unpaired) electrons. The molecule has 168 valence electrons. The number of nitrogens with zero attached hydrogens (tertiary/aromatic N) is 1. The molecule has 1 aromatic rings. The van der Waals surface area contributed by atoms with Crippen molar-refractivity contribution in [2.75, 3.05) is 20.3 Å². The number of hydrogen-bond donors (Lipinski definition) is 3. The highest BCUT2D eigenvalue weighted by atomic mass is 16.5. The number of carbonyl (C=O) groups excluding carboxylic acids is 3. The third kappa shape index (κ3) is 4.38. The Morgan fingerprint density at radius 1 is 1.06 bits per heavy atom. The Morgan fingerprint density at radius 2 is 1.84 bits per heavy atom. The Balaban J connectivity index is 1.47. The van der Waals surface area contributed by atoms with Crippen LogP contribution in [0.4, 0.5) is 0 Å². The zero-order valence-corrected chi connectivity index (χ0v) is 17.9. The van der Waals surface area contributed by atoms with Crippen LogP contribution in [0.1, 0.15) is 44.2 Å². The topological polar surface area (TPSA) is 109 Å². The van der Waals surface area contributed by atoms with E-state index in [2.05, 4.69) is 16.0 Å². The highest BCUT2D eigenvalue weighted by Crippen LogP contribution is 2.33. The lowest BCUT2D eigenvalue weighted by molar-refractivity contribution is -0.149. The first kappa shape index (κ1) is 21.6. The average Bonchev–Trinajstić information content (AvgIpc) is 3.15. The quantitative estimate of drug-likeness (QED) is 0.626. The summed E-state index contributed by atoms with van der Waals surface area (Å²) in [5.74, 6) is 0.0678. The Bertz CT molecular complexity index is 847. The Labute approximate surface area is 181 Å². The standard InChI is InChI=1S/C22H30N4O5/c1-13(23-2)20(27)25-16-10-12-31-19-8-7-17(26(19)22(16)29)21(28)24-15-9-11-30-18-6-4-3-5-14(15)18/h3-6,13,15-17,19,23H,7-12H2,1-2H3,(H,24,28)(H,25,27)/t13-,15+,16-,17+,19?/m0/s1. The van der Waals surface area contributed by atoms with E-state index >= 15 is 0 Å². The number of likely N-dealkylation sites (N-methyl/N-ethyl adjacent to an activating group) is 1. The van der Waals surface area contributed by atoms with Gasteiger partial charge in [-0.15, -0.1) is 0 Å². The minimum absolute atomic E-state index is 0.161. The molecule has 3 heterocycles. The maximum atomic E-state index is 13.3. The monoisotopic (exact) mass is 430 g/mol. The van der Waals surface area contributed by atoms with Gasteiger partial charge >= 0.3 is 0 Å². The minimum atomic E-state index is -0.703. The number of para-hydroxylation sites is 1. The zero-order chi connectivity index (χ0) is 22.0. The summed E-state index contributed by atoms with van der Waals surface area (Å²) in [5.41, 5.74) is 0.946. The molecule has 0 aliphatic carbocycles. The fourth-order valence-corrected chi connectivity index (χ4v) is 4.44. The molecular weight excluding hydrogens is 400 g/mol. The molecule has 1 aromatic carbocycles. The van der Waals surface area contributed by atoms with Gasteiger partial charge in [-0.3, -0.25) is 14.4 Å². The Hall–Kier alpha value is -2.65. The van der Waals surface area contributed by atoms with Gasteiger partial charge in [0.1, 0.15) is 24.1 Å². The first-order valence-corrected chi connectivity index (χ1v) is 10.9. The van der Waals surface area contributed by atoms with Crippen LogP contribution < -0.4 is 20.7 Å². The van der Waals surface area contributed by atoms with E-state index in [1.165, 1.54) is 4.90 Å². The molecule has 31 heavy (non-hydrogen) atoms. The van der Waals surface area contributed by atoms with Crippen molar-refractivity contribution in [2.24, 2.45) is 0 Å². The van der Waals surface area contributed by atoms with Crippen LogP contribution in [0.15, 0.2) is 24.3 Å². The fourth-order valence-electron chi connectivity index (χ4n) is 4.44. The van der Waals surface area contributed by atoms with Crippen molar-refractivity contribution in [2.45, 2.75) is 63.0 Å². The second-order valence-corrected chi connectivity index (χ2v) is 8.26. The molecule has 9 heteroatoms. The summed E-state index contributed by atoms with van der Waals surface area (Å²) < 4.78 is 11.5. The Morgan fingerprint density at radius 3 is 2.65 bits per heavy atom. The van der Waals surface area contributed by atoms with Crippen molar-refractivity contribution in [3.8, 4) is 5.75 Å². The van der Waals surface area contributed by atoms with Crippen LogP contribution in [0.25, 0.3) is 0 Å². The van der Waals surface area contributed by atoms with Crippen molar-refractivity contribution in [3.63, 3.8) is 0 Å². The summed E-state index contributed by atoms with van der Waals surface area (Å²) in [4.78, 5) is 40.4. The zero-order valence-electron chi connectivity index (χ0n) is 17.9. The van der Waals surface area contributed by atoms with Crippen molar-refractivity contribution in [1.29, 1.82) is 0 Å². The van der Waals surface area contributed by atoms with Gasteiger partial charge in [0.2, 0.25) is 17.7 Å². The van der Waals surface area contributed by atoms with Crippen molar-refractivity contribution < 1.29 is 23.9 Å². The molecule has 2 saturated heterocycles. The molecule has 0 aromatic heterocycles. The Kier molecular flexibility index (Phi) is 6.43. The molecule has 3 amide bonds. The molecule has 4 rings (SSSR count). The van der Waals surface area contributed by atoms with Gasteiger partial charge < -0.3 is 30.3 Å². The molecule has 5 atom stereocenters. The van der Waals surface area contributed by atoms with E-state index in [0.717, 1.165) is 11.3 Å². The number of rotatable bonds is 5. The lowest BCUT2D eigenvalue weighted by Gasteiger charge is -2.32. The van der Waals surface area contributed by atoms with Crippen LogP contribution in [-0.4, -0.2) is 67.2 Å². The number of amides is 3. The predicted octanol–water partition coefficient (Wildman–Crippen LogP) is 0.457. The average molecular weight is 431 g/mol. The summed E-state index contributed by atoms with van der Waals surface area (Å²) in [6.45, 7) is 2.61. The van der Waals surface area contributed by atoms with Crippen molar-refractivity contribution >= 4 is 17.7 Å². The van der Waals surface area contributed by atoms with E-state index < -0.39 is 24.4 Å². The summed E-state index contributed by atoms with van der Waals surface area (Å²) in [6.07, 6.45) is 1.75. The van der Waals surface area contributed by atoms with E-state index in [-0.39, 0.29) is 23.8 Å². The molecule has 0 bridgehead atoms. The molecule has 9 nitrogen and oxygen atoms in total. The van der Waals surface area contributed by atoms with E-state index in [0.29, 0.717) is 38.9 Å². The first-order chi connectivity index (χ1) is 15.0. The van der Waals surface area contributed by atoms with Gasteiger partial charge in [-0.25, -0.2) is 0 Å². The third-order valence-corrected chi connectivity index (χ3v) is 6.32. The molecular formula is C22H30N4O5. The molecule has 3 aliphatic rings. The van der Waals surface area contributed by atoms with Crippen LogP contribution in [0.2, 0.25) is 0 Å². The van der Waals surface area contributed by atoms with Crippen LogP contribution in [-0.2, 0) is 19.1 Å². The van der Waals surface area contributed by atoms with Gasteiger partial charge in [0.05, 0.1) is 25.3 Å². The van der Waals surface area contributed by atoms with Crippen molar-refractivity contribution in [1.82, 2.24) is 20.9 Å². The highest BCUT2D eigenvalue weighted by molar-refractivity contribution is 5.93. The van der Waals surface area contributed by atoms with Gasteiger partial charge in [0, 0.05) is 18.4 Å². The minimum Gasteiger partial charge on any atom is -0.493 e.